The minimum Gasteiger partial charge on any atom is -0.271 e. The molecule has 0 spiro atoms. The van der Waals surface area contributed by atoms with Gasteiger partial charge in [0.15, 0.2) is 0 Å². The van der Waals surface area contributed by atoms with E-state index in [-0.39, 0.29) is 17.3 Å². The predicted octanol–water partition coefficient (Wildman–Crippen LogP) is 5.43. The minimum atomic E-state index is -0.660. The van der Waals surface area contributed by atoms with E-state index in [2.05, 4.69) is 22.7 Å². The summed E-state index contributed by atoms with van der Waals surface area (Å²) in [6.45, 7) is 2.00. The average molecular weight is 416 g/mol. The van der Waals surface area contributed by atoms with Crippen molar-refractivity contribution in [3.05, 3.63) is 110 Å². The van der Waals surface area contributed by atoms with Gasteiger partial charge in [-0.1, -0.05) is 60.2 Å². The van der Waals surface area contributed by atoms with E-state index in [1.165, 1.54) is 17.7 Å². The molecule has 1 N–H and O–H groups in total. The third-order valence-corrected chi connectivity index (χ3v) is 5.40. The Morgan fingerprint density at radius 1 is 0.968 bits per heavy atom. The van der Waals surface area contributed by atoms with Gasteiger partial charge in [-0.3, -0.25) is 25.7 Å². The van der Waals surface area contributed by atoms with Crippen molar-refractivity contribution in [2.45, 2.75) is 19.3 Å². The summed E-state index contributed by atoms with van der Waals surface area (Å²) in [6, 6.07) is 21.6. The Labute approximate surface area is 178 Å². The molecule has 0 aliphatic heterocycles. The maximum absolute atomic E-state index is 11.4. The molecule has 1 aliphatic carbocycles. The molecule has 31 heavy (non-hydrogen) atoms. The number of rotatable bonds is 7. The lowest BCUT2D eigenvalue weighted by Crippen LogP contribution is -2.09. The van der Waals surface area contributed by atoms with Gasteiger partial charge >= 0.3 is 5.69 Å². The number of anilines is 1. The lowest BCUT2D eigenvalue weighted by atomic mass is 10.0. The molecule has 2 atom stereocenters. The molecule has 0 bridgehead atoms. The van der Waals surface area contributed by atoms with Crippen LogP contribution in [-0.2, 0) is 0 Å². The SMILES string of the molecule is Cc1ccc(/C(=N\Nc2ccc([N+](=O)[O-])cc2[N+](=O)[O-])C2CC2c2ccccc2)cc1. The first kappa shape index (κ1) is 20.2. The van der Waals surface area contributed by atoms with Crippen LogP contribution in [0.4, 0.5) is 17.1 Å². The molecule has 4 rings (SSSR count). The maximum atomic E-state index is 11.4. The summed E-state index contributed by atoms with van der Waals surface area (Å²) in [4.78, 5) is 21.1. The Morgan fingerprint density at radius 2 is 1.68 bits per heavy atom. The highest BCUT2D eigenvalue weighted by atomic mass is 16.6. The summed E-state index contributed by atoms with van der Waals surface area (Å²) in [7, 11) is 0. The lowest BCUT2D eigenvalue weighted by Gasteiger charge is -2.09. The number of hydrazone groups is 1. The Morgan fingerprint density at radius 3 is 2.32 bits per heavy atom. The fourth-order valence-electron chi connectivity index (χ4n) is 3.65. The van der Waals surface area contributed by atoms with Crippen molar-refractivity contribution in [3.63, 3.8) is 0 Å². The fourth-order valence-corrected chi connectivity index (χ4v) is 3.65. The van der Waals surface area contributed by atoms with Crippen molar-refractivity contribution in [3.8, 4) is 0 Å². The minimum absolute atomic E-state index is 0.108. The topological polar surface area (TPSA) is 111 Å². The number of nitrogens with zero attached hydrogens (tertiary/aromatic N) is 3. The van der Waals surface area contributed by atoms with E-state index < -0.39 is 15.5 Å². The van der Waals surface area contributed by atoms with Gasteiger partial charge in [-0.2, -0.15) is 5.10 Å². The molecule has 8 heteroatoms. The molecule has 1 fully saturated rings. The second-order valence-corrected chi connectivity index (χ2v) is 7.55. The summed E-state index contributed by atoms with van der Waals surface area (Å²) in [5.41, 5.74) is 6.26. The first-order valence-electron chi connectivity index (χ1n) is 9.82. The van der Waals surface area contributed by atoms with Gasteiger partial charge in [0.1, 0.15) is 5.69 Å². The standard InChI is InChI=1S/C23H20N4O4/c1-15-7-9-17(10-8-15)23(20-14-19(20)16-5-3-2-4-6-16)25-24-21-12-11-18(26(28)29)13-22(21)27(30)31/h2-13,19-20,24H,14H2,1H3/b25-23+. The van der Waals surface area contributed by atoms with Crippen molar-refractivity contribution >= 4 is 22.8 Å². The molecular formula is C23H20N4O4. The molecule has 1 aliphatic rings. The number of nitrogens with one attached hydrogen (secondary N) is 1. The van der Waals surface area contributed by atoms with E-state index in [0.29, 0.717) is 5.92 Å². The van der Waals surface area contributed by atoms with Crippen LogP contribution in [0.25, 0.3) is 0 Å². The fraction of sp³-hybridized carbons (Fsp3) is 0.174. The van der Waals surface area contributed by atoms with Crippen LogP contribution in [-0.4, -0.2) is 15.6 Å². The molecule has 3 aromatic carbocycles. The van der Waals surface area contributed by atoms with E-state index in [9.17, 15) is 20.2 Å². The molecule has 0 saturated heterocycles. The van der Waals surface area contributed by atoms with Crippen LogP contribution in [0, 0.1) is 33.1 Å². The monoisotopic (exact) mass is 416 g/mol. The number of non-ortho nitro benzene ring substituents is 1. The van der Waals surface area contributed by atoms with Gasteiger partial charge in [-0.25, -0.2) is 0 Å². The Bertz CT molecular complexity index is 1160. The Balaban J connectivity index is 1.67. The van der Waals surface area contributed by atoms with Crippen molar-refractivity contribution in [2.24, 2.45) is 11.0 Å². The summed E-state index contributed by atoms with van der Waals surface area (Å²) < 4.78 is 0. The van der Waals surface area contributed by atoms with Crippen LogP contribution in [0.1, 0.15) is 29.0 Å². The van der Waals surface area contributed by atoms with Crippen molar-refractivity contribution in [2.75, 3.05) is 5.43 Å². The molecule has 3 aromatic rings. The van der Waals surface area contributed by atoms with Gasteiger partial charge in [0.25, 0.3) is 5.69 Å². The molecule has 0 amide bonds. The van der Waals surface area contributed by atoms with Gasteiger partial charge in [-0.05, 0) is 36.5 Å². The highest BCUT2D eigenvalue weighted by Gasteiger charge is 2.42. The van der Waals surface area contributed by atoms with Gasteiger partial charge in [0.05, 0.1) is 21.6 Å². The van der Waals surface area contributed by atoms with Crippen LogP contribution in [0.5, 0.6) is 0 Å². The smallest absolute Gasteiger partial charge is 0.271 e. The van der Waals surface area contributed by atoms with Crippen LogP contribution in [0.2, 0.25) is 0 Å². The molecule has 0 heterocycles. The van der Waals surface area contributed by atoms with E-state index in [1.807, 2.05) is 49.4 Å². The normalized spacial score (nSPS) is 17.8. The number of hydrogen-bond acceptors (Lipinski definition) is 6. The number of nitro benzene ring substituents is 2. The first-order chi connectivity index (χ1) is 14.9. The first-order valence-corrected chi connectivity index (χ1v) is 9.82. The zero-order valence-corrected chi connectivity index (χ0v) is 16.8. The van der Waals surface area contributed by atoms with Crippen molar-refractivity contribution < 1.29 is 9.85 Å². The van der Waals surface area contributed by atoms with E-state index in [1.54, 1.807) is 0 Å². The molecule has 8 nitrogen and oxygen atoms in total. The number of hydrogen-bond donors (Lipinski definition) is 1. The van der Waals surface area contributed by atoms with E-state index in [4.69, 9.17) is 0 Å². The second kappa shape index (κ2) is 8.35. The van der Waals surface area contributed by atoms with Crippen LogP contribution in [0.3, 0.4) is 0 Å². The van der Waals surface area contributed by atoms with Crippen molar-refractivity contribution in [1.82, 2.24) is 0 Å². The van der Waals surface area contributed by atoms with Gasteiger partial charge in [-0.15, -0.1) is 0 Å². The van der Waals surface area contributed by atoms with Crippen LogP contribution < -0.4 is 5.43 Å². The average Bonchev–Trinajstić information content (AvgIpc) is 3.56. The largest absolute Gasteiger partial charge is 0.301 e. The number of benzene rings is 3. The lowest BCUT2D eigenvalue weighted by molar-refractivity contribution is -0.393. The maximum Gasteiger partial charge on any atom is 0.301 e. The zero-order valence-electron chi connectivity index (χ0n) is 16.8. The summed E-state index contributed by atoms with van der Waals surface area (Å²) in [5.74, 6) is 0.504. The molecule has 156 valence electrons. The third kappa shape index (κ3) is 4.42. The van der Waals surface area contributed by atoms with Gasteiger partial charge < -0.3 is 0 Å². The highest BCUT2D eigenvalue weighted by Crippen LogP contribution is 2.49. The summed E-state index contributed by atoms with van der Waals surface area (Å²) >= 11 is 0. The second-order valence-electron chi connectivity index (χ2n) is 7.55. The van der Waals surface area contributed by atoms with E-state index >= 15 is 0 Å². The molecule has 2 unspecified atom stereocenters. The number of aryl methyl sites for hydroxylation is 1. The molecule has 0 radical (unpaired) electrons. The Hall–Kier alpha value is -4.07. The molecule has 1 saturated carbocycles. The van der Waals surface area contributed by atoms with Gasteiger partial charge in [0.2, 0.25) is 0 Å². The summed E-state index contributed by atoms with van der Waals surface area (Å²) in [5, 5.41) is 26.9. The molecular weight excluding hydrogens is 396 g/mol. The zero-order chi connectivity index (χ0) is 22.0. The van der Waals surface area contributed by atoms with E-state index in [0.717, 1.165) is 29.3 Å². The highest BCUT2D eigenvalue weighted by molar-refractivity contribution is 6.05. The quantitative estimate of drug-likeness (QED) is 0.314. The number of nitro groups is 2. The van der Waals surface area contributed by atoms with Crippen LogP contribution in [0.15, 0.2) is 77.9 Å². The predicted molar refractivity (Wildman–Crippen MR) is 118 cm³/mol. The van der Waals surface area contributed by atoms with Crippen LogP contribution >= 0.6 is 0 Å². The van der Waals surface area contributed by atoms with Crippen molar-refractivity contribution in [1.29, 1.82) is 0 Å². The van der Waals surface area contributed by atoms with Gasteiger partial charge in [0, 0.05) is 12.0 Å². The molecule has 0 aromatic heterocycles. The Kier molecular flexibility index (Phi) is 5.44. The third-order valence-electron chi connectivity index (χ3n) is 5.40. The summed E-state index contributed by atoms with van der Waals surface area (Å²) in [6.07, 6.45) is 0.931.